The number of carbonyl (C=O) groups is 1. The summed E-state index contributed by atoms with van der Waals surface area (Å²) >= 11 is 0. The van der Waals surface area contributed by atoms with Crippen molar-refractivity contribution in [3.8, 4) is 0 Å². The number of halogens is 1. The number of hydrogen-bond acceptors (Lipinski definition) is 3. The van der Waals surface area contributed by atoms with Crippen LogP contribution < -0.4 is 5.32 Å². The summed E-state index contributed by atoms with van der Waals surface area (Å²) < 4.78 is 5.64. The monoisotopic (exact) mass is 324 g/mol. The summed E-state index contributed by atoms with van der Waals surface area (Å²) in [7, 11) is 0. The van der Waals surface area contributed by atoms with Crippen molar-refractivity contribution in [2.45, 2.75) is 44.4 Å². The highest BCUT2D eigenvalue weighted by Gasteiger charge is 2.37. The van der Waals surface area contributed by atoms with Gasteiger partial charge in [-0.05, 0) is 31.4 Å². The maximum atomic E-state index is 12.4. The van der Waals surface area contributed by atoms with E-state index in [4.69, 9.17) is 4.74 Å². The highest BCUT2D eigenvalue weighted by molar-refractivity contribution is 5.85. The molecule has 2 atom stereocenters. The van der Waals surface area contributed by atoms with Gasteiger partial charge in [-0.15, -0.1) is 12.4 Å². The fourth-order valence-corrected chi connectivity index (χ4v) is 3.44. The van der Waals surface area contributed by atoms with Crippen molar-refractivity contribution in [3.63, 3.8) is 0 Å². The Bertz CT molecular complexity index is 455. The van der Waals surface area contributed by atoms with E-state index in [1.807, 2.05) is 30.3 Å². The number of nitrogens with zero attached hydrogens (tertiary/aromatic N) is 1. The van der Waals surface area contributed by atoms with Gasteiger partial charge in [0.25, 0.3) is 0 Å². The van der Waals surface area contributed by atoms with Crippen LogP contribution in [0.3, 0.4) is 0 Å². The van der Waals surface area contributed by atoms with Crippen molar-refractivity contribution in [2.75, 3.05) is 19.7 Å². The lowest BCUT2D eigenvalue weighted by atomic mass is 10.1. The van der Waals surface area contributed by atoms with Gasteiger partial charge in [0.15, 0.2) is 0 Å². The van der Waals surface area contributed by atoms with Gasteiger partial charge >= 0.3 is 0 Å². The third kappa shape index (κ3) is 4.22. The minimum absolute atomic E-state index is 0. The van der Waals surface area contributed by atoms with E-state index in [1.54, 1.807) is 0 Å². The molecule has 2 aliphatic heterocycles. The molecule has 2 saturated heterocycles. The van der Waals surface area contributed by atoms with Crippen LogP contribution in [0.2, 0.25) is 0 Å². The highest BCUT2D eigenvalue weighted by Crippen LogP contribution is 2.28. The molecule has 4 nitrogen and oxygen atoms in total. The van der Waals surface area contributed by atoms with Crippen LogP contribution in [-0.2, 0) is 16.1 Å². The molecule has 3 rings (SSSR count). The van der Waals surface area contributed by atoms with Gasteiger partial charge in [0, 0.05) is 18.6 Å². The molecule has 0 radical (unpaired) electrons. The normalized spacial score (nSPS) is 23.7. The number of carbonyl (C=O) groups excluding carboxylic acids is 1. The average Bonchev–Trinajstić information content (AvgIpc) is 2.78. The number of nitrogens with one attached hydrogen (secondary N) is 1. The zero-order valence-electron chi connectivity index (χ0n) is 12.9. The van der Waals surface area contributed by atoms with Gasteiger partial charge in [-0.1, -0.05) is 30.3 Å². The molecule has 0 aromatic heterocycles. The Kier molecular flexibility index (Phi) is 6.68. The third-order valence-corrected chi connectivity index (χ3v) is 4.51. The molecule has 22 heavy (non-hydrogen) atoms. The predicted octanol–water partition coefficient (Wildman–Crippen LogP) is 2.37. The van der Waals surface area contributed by atoms with Crippen LogP contribution in [0.15, 0.2) is 30.3 Å². The van der Waals surface area contributed by atoms with Gasteiger partial charge in [0.2, 0.25) is 5.91 Å². The largest absolute Gasteiger partial charge is 0.376 e. The molecule has 2 aliphatic rings. The molecule has 0 aliphatic carbocycles. The molecular weight excluding hydrogens is 300 g/mol. The average molecular weight is 325 g/mol. The van der Waals surface area contributed by atoms with E-state index >= 15 is 0 Å². The Morgan fingerprint density at radius 1 is 1.18 bits per heavy atom. The van der Waals surface area contributed by atoms with Crippen molar-refractivity contribution in [1.82, 2.24) is 10.2 Å². The van der Waals surface area contributed by atoms with E-state index in [9.17, 15) is 4.79 Å². The summed E-state index contributed by atoms with van der Waals surface area (Å²) in [5.41, 5.74) is 1.16. The van der Waals surface area contributed by atoms with Crippen LogP contribution in [0, 0.1) is 0 Å². The Labute approximate surface area is 138 Å². The number of fused-ring (bicyclic) bond motifs is 2. The van der Waals surface area contributed by atoms with Gasteiger partial charge < -0.3 is 15.0 Å². The third-order valence-electron chi connectivity index (χ3n) is 4.51. The number of benzene rings is 1. The van der Waals surface area contributed by atoms with Crippen molar-refractivity contribution in [2.24, 2.45) is 0 Å². The lowest BCUT2D eigenvalue weighted by molar-refractivity contribution is -0.135. The molecule has 2 heterocycles. The van der Waals surface area contributed by atoms with Crippen LogP contribution in [-0.4, -0.2) is 42.6 Å². The molecule has 0 spiro atoms. The minimum Gasteiger partial charge on any atom is -0.376 e. The molecule has 1 amide bonds. The molecule has 1 aromatic carbocycles. The lowest BCUT2D eigenvalue weighted by Gasteiger charge is -2.28. The van der Waals surface area contributed by atoms with E-state index in [1.165, 1.54) is 6.42 Å². The Morgan fingerprint density at radius 3 is 2.77 bits per heavy atom. The van der Waals surface area contributed by atoms with Gasteiger partial charge in [0.05, 0.1) is 19.6 Å². The van der Waals surface area contributed by atoms with Crippen molar-refractivity contribution >= 4 is 18.3 Å². The quantitative estimate of drug-likeness (QED) is 0.845. The Morgan fingerprint density at radius 2 is 1.95 bits per heavy atom. The summed E-state index contributed by atoms with van der Waals surface area (Å²) in [6, 6.07) is 10.9. The summed E-state index contributed by atoms with van der Waals surface area (Å²) in [5, 5.41) is 3.43. The van der Waals surface area contributed by atoms with E-state index in [-0.39, 0.29) is 18.3 Å². The summed E-state index contributed by atoms with van der Waals surface area (Å²) in [4.78, 5) is 14.6. The van der Waals surface area contributed by atoms with Gasteiger partial charge in [-0.2, -0.15) is 0 Å². The molecule has 2 unspecified atom stereocenters. The first-order chi connectivity index (χ1) is 10.3. The molecule has 0 saturated carbocycles. The SMILES string of the molecule is Cl.O=C(CCOCc1ccccc1)N1C2CCNCC1CC2. The zero-order chi connectivity index (χ0) is 14.5. The second-order valence-electron chi connectivity index (χ2n) is 5.97. The Hall–Kier alpha value is -1.10. The standard InChI is InChI=1S/C17H24N2O2.ClH/c20-17(9-11-21-13-14-4-2-1-3-5-14)19-15-6-7-16(19)12-18-10-8-15;/h1-5,15-16,18H,6-13H2;1H. The van der Waals surface area contributed by atoms with Crippen molar-refractivity contribution in [3.05, 3.63) is 35.9 Å². The first-order valence-corrected chi connectivity index (χ1v) is 7.98. The maximum absolute atomic E-state index is 12.4. The summed E-state index contributed by atoms with van der Waals surface area (Å²) in [6.07, 6.45) is 3.91. The lowest BCUT2D eigenvalue weighted by Crippen LogP contribution is -2.42. The maximum Gasteiger partial charge on any atom is 0.225 e. The fourth-order valence-electron chi connectivity index (χ4n) is 3.44. The number of hydrogen-bond donors (Lipinski definition) is 1. The fraction of sp³-hybridized carbons (Fsp3) is 0.588. The molecule has 5 heteroatoms. The van der Waals surface area contributed by atoms with Crippen LogP contribution >= 0.6 is 12.4 Å². The topological polar surface area (TPSA) is 41.6 Å². The second kappa shape index (κ2) is 8.51. The molecule has 1 N–H and O–H groups in total. The van der Waals surface area contributed by atoms with Crippen molar-refractivity contribution in [1.29, 1.82) is 0 Å². The number of ether oxygens (including phenoxy) is 1. The van der Waals surface area contributed by atoms with Crippen LogP contribution in [0.25, 0.3) is 0 Å². The molecular formula is C17H25ClN2O2. The second-order valence-corrected chi connectivity index (χ2v) is 5.97. The van der Waals surface area contributed by atoms with Gasteiger partial charge in [-0.3, -0.25) is 4.79 Å². The minimum atomic E-state index is 0. The van der Waals surface area contributed by atoms with Crippen molar-refractivity contribution < 1.29 is 9.53 Å². The first kappa shape index (κ1) is 17.3. The summed E-state index contributed by atoms with van der Waals surface area (Å²) in [5.74, 6) is 0.263. The smallest absolute Gasteiger partial charge is 0.225 e. The van der Waals surface area contributed by atoms with Crippen LogP contribution in [0.4, 0.5) is 0 Å². The number of amides is 1. The van der Waals surface area contributed by atoms with E-state index in [2.05, 4.69) is 10.2 Å². The van der Waals surface area contributed by atoms with Gasteiger partial charge in [-0.25, -0.2) is 0 Å². The first-order valence-electron chi connectivity index (χ1n) is 7.98. The Balaban J connectivity index is 0.00000176. The summed E-state index contributed by atoms with van der Waals surface area (Å²) in [6.45, 7) is 3.09. The number of rotatable bonds is 5. The van der Waals surface area contributed by atoms with Crippen LogP contribution in [0.1, 0.15) is 31.2 Å². The highest BCUT2D eigenvalue weighted by atomic mass is 35.5. The zero-order valence-corrected chi connectivity index (χ0v) is 13.7. The molecule has 1 aromatic rings. The molecule has 2 fully saturated rings. The van der Waals surface area contributed by atoms with Gasteiger partial charge in [0.1, 0.15) is 0 Å². The predicted molar refractivity (Wildman–Crippen MR) is 89.1 cm³/mol. The van der Waals surface area contributed by atoms with E-state index in [0.717, 1.165) is 31.5 Å². The van der Waals surface area contributed by atoms with E-state index < -0.39 is 0 Å². The molecule has 2 bridgehead atoms. The van der Waals surface area contributed by atoms with E-state index in [0.29, 0.717) is 31.7 Å². The molecule has 122 valence electrons. The van der Waals surface area contributed by atoms with Crippen LogP contribution in [0.5, 0.6) is 0 Å².